The number of amides is 2. The minimum absolute atomic E-state index is 0.181. The molecule has 39 heavy (non-hydrogen) atoms. The molecule has 1 N–H and O–H groups in total. The molecule has 2 amide bonds. The standard InChI is InChI=1S/C32H31N5O2/c1-4-23-15-17-25(18-16-23)33-32(38)36-21-28-22(2)34-37(26-11-6-5-7-12-26)31(28)35-19-9-14-29(35)30(36)24-10-8-13-27(20-24)39-3/h5-20,30H,4,21H2,1-3H3,(H,33,38)/t30-/m0/s1. The first-order valence-corrected chi connectivity index (χ1v) is 13.2. The van der Waals surface area contributed by atoms with Gasteiger partial charge in [-0.25, -0.2) is 9.48 Å². The zero-order valence-corrected chi connectivity index (χ0v) is 22.3. The molecule has 0 saturated heterocycles. The Morgan fingerprint density at radius 2 is 1.79 bits per heavy atom. The first kappa shape index (κ1) is 24.6. The molecule has 3 heterocycles. The van der Waals surface area contributed by atoms with E-state index in [1.54, 1.807) is 7.11 Å². The Morgan fingerprint density at radius 3 is 2.54 bits per heavy atom. The summed E-state index contributed by atoms with van der Waals surface area (Å²) in [6, 6.07) is 29.6. The third-order valence-corrected chi connectivity index (χ3v) is 7.37. The van der Waals surface area contributed by atoms with E-state index in [2.05, 4.69) is 35.0 Å². The smallest absolute Gasteiger partial charge is 0.322 e. The van der Waals surface area contributed by atoms with E-state index in [9.17, 15) is 4.79 Å². The third-order valence-electron chi connectivity index (χ3n) is 7.37. The second kappa shape index (κ2) is 10.2. The number of aromatic nitrogens is 3. The number of hydrogen-bond acceptors (Lipinski definition) is 3. The van der Waals surface area contributed by atoms with Crippen LogP contribution in [0.15, 0.2) is 97.2 Å². The Balaban J connectivity index is 1.51. The number of nitrogens with one attached hydrogen (secondary N) is 1. The van der Waals surface area contributed by atoms with Gasteiger partial charge in [0.15, 0.2) is 0 Å². The summed E-state index contributed by atoms with van der Waals surface area (Å²) in [5.74, 6) is 1.68. The van der Waals surface area contributed by atoms with Crippen molar-refractivity contribution in [1.29, 1.82) is 0 Å². The highest BCUT2D eigenvalue weighted by atomic mass is 16.5. The van der Waals surface area contributed by atoms with Crippen molar-refractivity contribution in [2.45, 2.75) is 32.9 Å². The number of rotatable bonds is 5. The van der Waals surface area contributed by atoms with Crippen LogP contribution in [0.4, 0.5) is 10.5 Å². The first-order valence-electron chi connectivity index (χ1n) is 13.2. The van der Waals surface area contributed by atoms with E-state index in [4.69, 9.17) is 9.84 Å². The maximum Gasteiger partial charge on any atom is 0.322 e. The Bertz CT molecular complexity index is 1620. The maximum atomic E-state index is 14.1. The minimum atomic E-state index is -0.360. The number of fused-ring (bicyclic) bond motifs is 3. The number of ether oxygens (including phenoxy) is 1. The Kier molecular flexibility index (Phi) is 6.40. The lowest BCUT2D eigenvalue weighted by Gasteiger charge is -2.31. The monoisotopic (exact) mass is 517 g/mol. The largest absolute Gasteiger partial charge is 0.497 e. The average molecular weight is 518 g/mol. The van der Waals surface area contributed by atoms with Crippen LogP contribution in [0.1, 0.15) is 41.0 Å². The molecule has 0 radical (unpaired) electrons. The summed E-state index contributed by atoms with van der Waals surface area (Å²) in [6.07, 6.45) is 3.00. The van der Waals surface area contributed by atoms with Gasteiger partial charge in [0, 0.05) is 17.4 Å². The second-order valence-corrected chi connectivity index (χ2v) is 9.73. The number of carbonyl (C=O) groups is 1. The van der Waals surface area contributed by atoms with Crippen LogP contribution in [-0.2, 0) is 13.0 Å². The van der Waals surface area contributed by atoms with Crippen LogP contribution in [0.2, 0.25) is 0 Å². The Labute approximate surface area is 228 Å². The number of urea groups is 1. The van der Waals surface area contributed by atoms with Crippen molar-refractivity contribution in [3.63, 3.8) is 0 Å². The number of para-hydroxylation sites is 1. The van der Waals surface area contributed by atoms with Gasteiger partial charge in [-0.3, -0.25) is 0 Å². The summed E-state index contributed by atoms with van der Waals surface area (Å²) in [7, 11) is 1.66. The summed E-state index contributed by atoms with van der Waals surface area (Å²) in [5, 5.41) is 8.07. The molecule has 7 heteroatoms. The van der Waals surface area contributed by atoms with Gasteiger partial charge in [-0.2, -0.15) is 5.10 Å². The SMILES string of the molecule is CCc1ccc(NC(=O)N2Cc3c(C)nn(-c4ccccc4)c3-n3cccc3[C@@H]2c2cccc(OC)c2)cc1. The van der Waals surface area contributed by atoms with Gasteiger partial charge in [0.2, 0.25) is 0 Å². The van der Waals surface area contributed by atoms with Crippen molar-refractivity contribution in [2.75, 3.05) is 12.4 Å². The van der Waals surface area contributed by atoms with Gasteiger partial charge in [0.25, 0.3) is 0 Å². The van der Waals surface area contributed by atoms with Crippen molar-refractivity contribution in [3.8, 4) is 17.3 Å². The minimum Gasteiger partial charge on any atom is -0.497 e. The molecule has 0 fully saturated rings. The first-order chi connectivity index (χ1) is 19.1. The normalized spacial score (nSPS) is 14.3. The van der Waals surface area contributed by atoms with Gasteiger partial charge < -0.3 is 19.5 Å². The van der Waals surface area contributed by atoms with E-state index in [-0.39, 0.29) is 12.1 Å². The fraction of sp³-hybridized carbons (Fsp3) is 0.188. The van der Waals surface area contributed by atoms with Crippen LogP contribution in [0.5, 0.6) is 5.75 Å². The van der Waals surface area contributed by atoms with Crippen molar-refractivity contribution in [1.82, 2.24) is 19.2 Å². The summed E-state index contributed by atoms with van der Waals surface area (Å²) in [6.45, 7) is 4.51. The molecule has 0 saturated carbocycles. The number of benzene rings is 3. The van der Waals surface area contributed by atoms with Gasteiger partial charge >= 0.3 is 6.03 Å². The van der Waals surface area contributed by atoms with E-state index in [1.165, 1.54) is 5.56 Å². The van der Waals surface area contributed by atoms with Crippen LogP contribution >= 0.6 is 0 Å². The van der Waals surface area contributed by atoms with E-state index >= 15 is 0 Å². The molecule has 7 nitrogen and oxygen atoms in total. The number of methoxy groups -OCH3 is 1. The zero-order valence-electron chi connectivity index (χ0n) is 22.3. The van der Waals surface area contributed by atoms with E-state index in [1.807, 2.05) is 95.5 Å². The predicted molar refractivity (Wildman–Crippen MR) is 153 cm³/mol. The summed E-state index contributed by atoms with van der Waals surface area (Å²) >= 11 is 0. The molecule has 0 aliphatic carbocycles. The highest BCUT2D eigenvalue weighted by Crippen LogP contribution is 2.39. The van der Waals surface area contributed by atoms with Crippen LogP contribution in [0.3, 0.4) is 0 Å². The molecule has 5 aromatic rings. The van der Waals surface area contributed by atoms with Gasteiger partial charge in [-0.1, -0.05) is 49.4 Å². The van der Waals surface area contributed by atoms with Crippen LogP contribution < -0.4 is 10.1 Å². The maximum absolute atomic E-state index is 14.1. The van der Waals surface area contributed by atoms with E-state index < -0.39 is 0 Å². The third kappa shape index (κ3) is 4.46. The van der Waals surface area contributed by atoms with Crippen LogP contribution in [0, 0.1) is 6.92 Å². The molecule has 196 valence electrons. The molecular formula is C32H31N5O2. The molecule has 0 bridgehead atoms. The number of carbonyl (C=O) groups excluding carboxylic acids is 1. The molecule has 3 aromatic carbocycles. The van der Waals surface area contributed by atoms with Crippen LogP contribution in [-0.4, -0.2) is 32.4 Å². The molecule has 1 atom stereocenters. The van der Waals surface area contributed by atoms with E-state index in [0.29, 0.717) is 6.54 Å². The van der Waals surface area contributed by atoms with Gasteiger partial charge in [0.1, 0.15) is 11.6 Å². The average Bonchev–Trinajstić information content (AvgIpc) is 3.54. The lowest BCUT2D eigenvalue weighted by molar-refractivity contribution is 0.194. The predicted octanol–water partition coefficient (Wildman–Crippen LogP) is 6.68. The summed E-state index contributed by atoms with van der Waals surface area (Å²) in [4.78, 5) is 16.0. The number of hydrogen-bond donors (Lipinski definition) is 1. The van der Waals surface area contributed by atoms with Crippen molar-refractivity contribution >= 4 is 11.7 Å². The highest BCUT2D eigenvalue weighted by Gasteiger charge is 2.36. The van der Waals surface area contributed by atoms with Crippen molar-refractivity contribution < 1.29 is 9.53 Å². The lowest BCUT2D eigenvalue weighted by Crippen LogP contribution is -2.38. The van der Waals surface area contributed by atoms with Crippen molar-refractivity contribution in [2.24, 2.45) is 0 Å². The summed E-state index contributed by atoms with van der Waals surface area (Å²) in [5.41, 5.74) is 6.77. The number of anilines is 1. The molecule has 0 spiro atoms. The van der Waals surface area contributed by atoms with Gasteiger partial charge in [-0.05, 0) is 73.0 Å². The molecular weight excluding hydrogens is 486 g/mol. The fourth-order valence-electron chi connectivity index (χ4n) is 5.33. The number of nitrogens with zero attached hydrogens (tertiary/aromatic N) is 4. The van der Waals surface area contributed by atoms with Gasteiger partial charge in [0.05, 0.1) is 36.8 Å². The Hall–Kier alpha value is -4.78. The topological polar surface area (TPSA) is 64.3 Å². The van der Waals surface area contributed by atoms with Crippen molar-refractivity contribution in [3.05, 3.63) is 125 Å². The Morgan fingerprint density at radius 1 is 1.00 bits per heavy atom. The second-order valence-electron chi connectivity index (χ2n) is 9.73. The fourth-order valence-corrected chi connectivity index (χ4v) is 5.33. The highest BCUT2D eigenvalue weighted by molar-refractivity contribution is 5.90. The van der Waals surface area contributed by atoms with Gasteiger partial charge in [-0.15, -0.1) is 0 Å². The molecule has 1 aliphatic heterocycles. The molecule has 0 unspecified atom stereocenters. The summed E-state index contributed by atoms with van der Waals surface area (Å²) < 4.78 is 9.70. The molecule has 1 aliphatic rings. The quantitative estimate of drug-likeness (QED) is 0.283. The van der Waals surface area contributed by atoms with Crippen LogP contribution in [0.25, 0.3) is 11.5 Å². The molecule has 2 aromatic heterocycles. The van der Waals surface area contributed by atoms with E-state index in [0.717, 1.165) is 51.9 Å². The zero-order chi connectivity index (χ0) is 26.9. The molecule has 6 rings (SSSR count). The number of aryl methyl sites for hydroxylation is 2. The lowest BCUT2D eigenvalue weighted by atomic mass is 10.0.